The monoisotopic (exact) mass is 344 g/mol. The number of benzene rings is 1. The van der Waals surface area contributed by atoms with Crippen LogP contribution >= 0.6 is 0 Å². The zero-order valence-electron chi connectivity index (χ0n) is 15.3. The zero-order chi connectivity index (χ0) is 18.1. The summed E-state index contributed by atoms with van der Waals surface area (Å²) in [5.74, 6) is -0.162. The summed E-state index contributed by atoms with van der Waals surface area (Å²) in [4.78, 5) is 29.0. The van der Waals surface area contributed by atoms with E-state index in [0.29, 0.717) is 32.0 Å². The number of anilines is 1. The molecule has 2 aliphatic heterocycles. The van der Waals surface area contributed by atoms with Crippen LogP contribution in [0.4, 0.5) is 5.69 Å². The molecule has 3 unspecified atom stereocenters. The van der Waals surface area contributed by atoms with Crippen LogP contribution in [0.25, 0.3) is 0 Å². The van der Waals surface area contributed by atoms with E-state index in [9.17, 15) is 14.7 Å². The van der Waals surface area contributed by atoms with Crippen molar-refractivity contribution < 1.29 is 14.7 Å². The van der Waals surface area contributed by atoms with Crippen molar-refractivity contribution in [3.63, 3.8) is 0 Å². The molecule has 0 bridgehead atoms. The van der Waals surface area contributed by atoms with Gasteiger partial charge in [-0.25, -0.2) is 0 Å². The Hall–Kier alpha value is -1.88. The molecule has 5 heteroatoms. The standard InChI is InChI=1S/C20H28N2O3/c1-13(2)15-4-6-17(7-5-15)22-11-9-18(20(22)25)19(24)21-10-8-16(12-21)14(3)23/h4-7,13-14,16,18,23H,8-12H2,1-3H3. The van der Waals surface area contributed by atoms with Gasteiger partial charge in [-0.1, -0.05) is 26.0 Å². The quantitative estimate of drug-likeness (QED) is 0.853. The molecule has 1 N–H and O–H groups in total. The normalized spacial score (nSPS) is 25.1. The minimum atomic E-state index is -0.572. The molecule has 1 aromatic rings. The third-order valence-corrected chi connectivity index (χ3v) is 5.59. The van der Waals surface area contributed by atoms with Gasteiger partial charge >= 0.3 is 0 Å². The number of likely N-dealkylation sites (tertiary alicyclic amines) is 1. The molecule has 3 rings (SSSR count). The van der Waals surface area contributed by atoms with Crippen LogP contribution in [0.1, 0.15) is 45.1 Å². The van der Waals surface area contributed by atoms with E-state index in [1.165, 1.54) is 5.56 Å². The number of nitrogens with zero attached hydrogens (tertiary/aromatic N) is 2. The maximum atomic E-state index is 12.8. The number of aliphatic hydroxyl groups excluding tert-OH is 1. The Labute approximate surface area is 149 Å². The highest BCUT2D eigenvalue weighted by Gasteiger charge is 2.41. The third-order valence-electron chi connectivity index (χ3n) is 5.59. The van der Waals surface area contributed by atoms with Gasteiger partial charge in [0.25, 0.3) is 0 Å². The van der Waals surface area contributed by atoms with Gasteiger partial charge in [-0.15, -0.1) is 0 Å². The van der Waals surface area contributed by atoms with Crippen LogP contribution in [-0.4, -0.2) is 47.6 Å². The molecule has 2 amide bonds. The Morgan fingerprint density at radius 1 is 1.12 bits per heavy atom. The molecule has 2 fully saturated rings. The van der Waals surface area contributed by atoms with Crippen molar-refractivity contribution in [2.24, 2.45) is 11.8 Å². The molecule has 0 radical (unpaired) electrons. The first-order valence-electron chi connectivity index (χ1n) is 9.26. The summed E-state index contributed by atoms with van der Waals surface area (Å²) in [5, 5.41) is 9.71. The molecule has 25 heavy (non-hydrogen) atoms. The van der Waals surface area contributed by atoms with Gasteiger partial charge in [0.2, 0.25) is 11.8 Å². The van der Waals surface area contributed by atoms with E-state index in [0.717, 1.165) is 12.1 Å². The van der Waals surface area contributed by atoms with Crippen LogP contribution in [0.5, 0.6) is 0 Å². The first-order chi connectivity index (χ1) is 11.9. The molecule has 5 nitrogen and oxygen atoms in total. The number of carbonyl (C=O) groups excluding carboxylic acids is 2. The fourth-order valence-electron chi connectivity index (χ4n) is 3.81. The van der Waals surface area contributed by atoms with Crippen molar-refractivity contribution in [3.05, 3.63) is 29.8 Å². The largest absolute Gasteiger partial charge is 0.393 e. The van der Waals surface area contributed by atoms with E-state index in [1.54, 1.807) is 16.7 Å². The number of rotatable bonds is 4. The highest BCUT2D eigenvalue weighted by atomic mass is 16.3. The first kappa shape index (κ1) is 17.9. The summed E-state index contributed by atoms with van der Waals surface area (Å²) in [6, 6.07) is 8.05. The summed E-state index contributed by atoms with van der Waals surface area (Å²) >= 11 is 0. The molecular formula is C20H28N2O3. The van der Waals surface area contributed by atoms with Crippen LogP contribution in [0.15, 0.2) is 24.3 Å². The van der Waals surface area contributed by atoms with Crippen molar-refractivity contribution >= 4 is 17.5 Å². The Bertz CT molecular complexity index is 639. The molecule has 0 saturated carbocycles. The number of carbonyl (C=O) groups is 2. The fourth-order valence-corrected chi connectivity index (χ4v) is 3.81. The van der Waals surface area contributed by atoms with Gasteiger partial charge in [-0.2, -0.15) is 0 Å². The van der Waals surface area contributed by atoms with Crippen LogP contribution in [0.3, 0.4) is 0 Å². The molecule has 2 heterocycles. The van der Waals surface area contributed by atoms with Crippen molar-refractivity contribution in [2.45, 2.75) is 45.6 Å². The molecule has 0 aliphatic carbocycles. The number of hydrogen-bond acceptors (Lipinski definition) is 3. The van der Waals surface area contributed by atoms with Gasteiger partial charge in [0.1, 0.15) is 5.92 Å². The SMILES string of the molecule is CC(C)c1ccc(N2CCC(C(=O)N3CCC(C(C)O)C3)C2=O)cc1. The van der Waals surface area contributed by atoms with Crippen LogP contribution in [-0.2, 0) is 9.59 Å². The van der Waals surface area contributed by atoms with E-state index in [-0.39, 0.29) is 17.7 Å². The van der Waals surface area contributed by atoms with Crippen LogP contribution < -0.4 is 4.90 Å². The summed E-state index contributed by atoms with van der Waals surface area (Å²) in [6.07, 6.45) is 0.970. The predicted octanol–water partition coefficient (Wildman–Crippen LogP) is 2.39. The second-order valence-electron chi connectivity index (χ2n) is 7.65. The van der Waals surface area contributed by atoms with Crippen LogP contribution in [0, 0.1) is 11.8 Å². The molecule has 2 saturated heterocycles. The van der Waals surface area contributed by atoms with E-state index in [1.807, 2.05) is 12.1 Å². The Morgan fingerprint density at radius 2 is 1.80 bits per heavy atom. The Kier molecular flexibility index (Phi) is 5.13. The van der Waals surface area contributed by atoms with Crippen LogP contribution in [0.2, 0.25) is 0 Å². The van der Waals surface area contributed by atoms with Gasteiger partial charge in [0, 0.05) is 31.2 Å². The maximum Gasteiger partial charge on any atom is 0.239 e. The van der Waals surface area contributed by atoms with Gasteiger partial charge < -0.3 is 14.9 Å². The molecule has 3 atom stereocenters. The fraction of sp³-hybridized carbons (Fsp3) is 0.600. The summed E-state index contributed by atoms with van der Waals surface area (Å²) < 4.78 is 0. The van der Waals surface area contributed by atoms with E-state index >= 15 is 0 Å². The first-order valence-corrected chi connectivity index (χ1v) is 9.26. The Morgan fingerprint density at radius 3 is 2.36 bits per heavy atom. The molecular weight excluding hydrogens is 316 g/mol. The lowest BCUT2D eigenvalue weighted by molar-refractivity contribution is -0.139. The van der Waals surface area contributed by atoms with Crippen molar-refractivity contribution in [3.8, 4) is 0 Å². The van der Waals surface area contributed by atoms with Gasteiger partial charge in [0.15, 0.2) is 0 Å². The molecule has 0 aromatic heterocycles. The molecule has 2 aliphatic rings. The van der Waals surface area contributed by atoms with Gasteiger partial charge in [0.05, 0.1) is 6.10 Å². The maximum absolute atomic E-state index is 12.8. The van der Waals surface area contributed by atoms with Gasteiger partial charge in [-0.3, -0.25) is 9.59 Å². The molecule has 136 valence electrons. The van der Waals surface area contributed by atoms with Crippen molar-refractivity contribution in [1.82, 2.24) is 4.90 Å². The summed E-state index contributed by atoms with van der Waals surface area (Å²) in [7, 11) is 0. The van der Waals surface area contributed by atoms with Gasteiger partial charge in [-0.05, 0) is 43.4 Å². The smallest absolute Gasteiger partial charge is 0.239 e. The van der Waals surface area contributed by atoms with Crippen molar-refractivity contribution in [2.75, 3.05) is 24.5 Å². The average Bonchev–Trinajstić information content (AvgIpc) is 3.21. The van der Waals surface area contributed by atoms with E-state index in [4.69, 9.17) is 0 Å². The minimum Gasteiger partial charge on any atom is -0.393 e. The molecule has 0 spiro atoms. The third kappa shape index (κ3) is 3.56. The van der Waals surface area contributed by atoms with E-state index < -0.39 is 12.0 Å². The Balaban J connectivity index is 1.66. The lowest BCUT2D eigenvalue weighted by Crippen LogP contribution is -2.39. The highest BCUT2D eigenvalue weighted by Crippen LogP contribution is 2.30. The predicted molar refractivity (Wildman–Crippen MR) is 97.4 cm³/mol. The summed E-state index contributed by atoms with van der Waals surface area (Å²) in [5.41, 5.74) is 2.11. The topological polar surface area (TPSA) is 60.9 Å². The zero-order valence-corrected chi connectivity index (χ0v) is 15.3. The molecule has 1 aromatic carbocycles. The lowest BCUT2D eigenvalue weighted by atomic mass is 10.0. The number of aliphatic hydroxyl groups is 1. The minimum absolute atomic E-state index is 0.0746. The average molecular weight is 344 g/mol. The van der Waals surface area contributed by atoms with Crippen molar-refractivity contribution in [1.29, 1.82) is 0 Å². The second kappa shape index (κ2) is 7.16. The number of amides is 2. The summed E-state index contributed by atoms with van der Waals surface area (Å²) in [6.45, 7) is 7.83. The number of hydrogen-bond donors (Lipinski definition) is 1. The second-order valence-corrected chi connectivity index (χ2v) is 7.65. The highest BCUT2D eigenvalue weighted by molar-refractivity contribution is 6.09. The lowest BCUT2D eigenvalue weighted by Gasteiger charge is -2.21. The van der Waals surface area contributed by atoms with E-state index in [2.05, 4.69) is 26.0 Å².